The van der Waals surface area contributed by atoms with Crippen molar-refractivity contribution in [1.29, 1.82) is 0 Å². The molecule has 2 amide bonds. The fraction of sp³-hybridized carbons (Fsp3) is 0.292. The minimum atomic E-state index is -4.69. The van der Waals surface area contributed by atoms with Crippen molar-refractivity contribution in [3.05, 3.63) is 57.7 Å². The zero-order chi connectivity index (χ0) is 29.0. The first-order valence-corrected chi connectivity index (χ1v) is 12.5. The number of aromatic nitrogens is 2. The van der Waals surface area contributed by atoms with E-state index in [1.165, 1.54) is 18.3 Å². The number of carboxylic acids is 1. The van der Waals surface area contributed by atoms with Gasteiger partial charge in [-0.3, -0.25) is 19.5 Å². The van der Waals surface area contributed by atoms with Crippen LogP contribution in [0.5, 0.6) is 0 Å². The Labute approximate surface area is 231 Å². The summed E-state index contributed by atoms with van der Waals surface area (Å²) in [6.45, 7) is -0.552. The average molecular weight is 628 g/mol. The third-order valence-electron chi connectivity index (χ3n) is 5.78. The Morgan fingerprint density at radius 2 is 1.95 bits per heavy atom. The molecule has 1 aliphatic heterocycles. The van der Waals surface area contributed by atoms with E-state index in [1.807, 2.05) is 0 Å². The van der Waals surface area contributed by atoms with E-state index in [0.29, 0.717) is 22.5 Å². The van der Waals surface area contributed by atoms with E-state index in [1.54, 1.807) is 6.07 Å². The van der Waals surface area contributed by atoms with Gasteiger partial charge in [-0.1, -0.05) is 15.9 Å². The normalized spacial score (nSPS) is 16.0. The van der Waals surface area contributed by atoms with E-state index in [0.717, 1.165) is 12.1 Å². The van der Waals surface area contributed by atoms with Crippen molar-refractivity contribution in [1.82, 2.24) is 26.1 Å². The molecule has 0 saturated carbocycles. The number of carboxylic acid groups (broad SMARTS) is 1. The van der Waals surface area contributed by atoms with Gasteiger partial charge in [-0.2, -0.15) is 18.3 Å². The average Bonchev–Trinajstić information content (AvgIpc) is 3.35. The van der Waals surface area contributed by atoms with Gasteiger partial charge in [0.25, 0.3) is 5.91 Å². The summed E-state index contributed by atoms with van der Waals surface area (Å²) >= 11 is 2.98. The van der Waals surface area contributed by atoms with Crippen molar-refractivity contribution < 1.29 is 37.1 Å². The fourth-order valence-electron chi connectivity index (χ4n) is 3.96. The molecular formula is C24H22BrF4N7O4. The maximum absolute atomic E-state index is 13.3. The van der Waals surface area contributed by atoms with Crippen molar-refractivity contribution >= 4 is 56.3 Å². The molecule has 1 unspecified atom stereocenters. The SMILES string of the molecule is O=C(O)C[C@H](NC(=O)CNC(=O)c1cc(NC2=NCC(F)CN2)cc2[nH]ncc12)c1cc(Br)cc(C(F)(F)F)c1. The summed E-state index contributed by atoms with van der Waals surface area (Å²) in [6, 6.07) is 4.68. The highest BCUT2D eigenvalue weighted by molar-refractivity contribution is 9.10. The number of anilines is 1. The molecule has 0 aliphatic carbocycles. The standard InChI is InChI=1S/C24H22BrF4N7O4/c25-13-2-11(1-12(3-13)24(27,28)29)18(6-21(38)39)35-20(37)10-30-22(40)16-4-15(5-19-17(16)9-33-36-19)34-23-31-7-14(26)8-32-23/h1-5,9,14,18H,6-8,10H2,(H,30,40)(H,33,36)(H,35,37)(H,38,39)(H2,31,32,34)/t18-/m0/s1. The number of rotatable bonds is 8. The molecule has 2 heterocycles. The Morgan fingerprint density at radius 3 is 2.62 bits per heavy atom. The predicted octanol–water partition coefficient (Wildman–Crippen LogP) is 3.12. The number of alkyl halides is 4. The number of carbonyl (C=O) groups excluding carboxylic acids is 2. The molecule has 0 spiro atoms. The monoisotopic (exact) mass is 627 g/mol. The van der Waals surface area contributed by atoms with Crippen LogP contribution in [-0.2, 0) is 15.8 Å². The van der Waals surface area contributed by atoms with Gasteiger partial charge in [0.2, 0.25) is 5.91 Å². The number of aromatic amines is 1. The van der Waals surface area contributed by atoms with Gasteiger partial charge < -0.3 is 26.4 Å². The molecule has 11 nitrogen and oxygen atoms in total. The summed E-state index contributed by atoms with van der Waals surface area (Å²) < 4.78 is 53.2. The van der Waals surface area contributed by atoms with Crippen LogP contribution in [0.15, 0.2) is 46.0 Å². The maximum atomic E-state index is 13.3. The van der Waals surface area contributed by atoms with E-state index in [4.69, 9.17) is 0 Å². The molecule has 2 aromatic carbocycles. The molecule has 4 rings (SSSR count). The van der Waals surface area contributed by atoms with Crippen LogP contribution >= 0.6 is 15.9 Å². The molecule has 6 N–H and O–H groups in total. The second kappa shape index (κ2) is 11.9. The molecule has 1 aromatic heterocycles. The van der Waals surface area contributed by atoms with Gasteiger partial charge >= 0.3 is 12.1 Å². The number of nitrogens with one attached hydrogen (secondary N) is 5. The minimum absolute atomic E-state index is 0.0234. The van der Waals surface area contributed by atoms with Crippen LogP contribution < -0.4 is 21.3 Å². The number of H-pyrrole nitrogens is 1. The summed E-state index contributed by atoms with van der Waals surface area (Å²) in [5.41, 5.74) is -0.0693. The van der Waals surface area contributed by atoms with E-state index in [2.05, 4.69) is 52.4 Å². The molecule has 3 aromatic rings. The number of carbonyl (C=O) groups is 3. The zero-order valence-electron chi connectivity index (χ0n) is 20.4. The molecule has 0 saturated heterocycles. The van der Waals surface area contributed by atoms with Gasteiger partial charge in [-0.05, 0) is 35.9 Å². The van der Waals surface area contributed by atoms with Crippen LogP contribution in [0.3, 0.4) is 0 Å². The van der Waals surface area contributed by atoms with E-state index >= 15 is 0 Å². The van der Waals surface area contributed by atoms with Crippen LogP contribution in [0.4, 0.5) is 23.2 Å². The van der Waals surface area contributed by atoms with Gasteiger partial charge in [0.1, 0.15) is 6.17 Å². The van der Waals surface area contributed by atoms with Crippen molar-refractivity contribution in [2.75, 3.05) is 25.0 Å². The number of amides is 2. The molecular weight excluding hydrogens is 606 g/mol. The van der Waals surface area contributed by atoms with Crippen molar-refractivity contribution in [3.8, 4) is 0 Å². The van der Waals surface area contributed by atoms with Gasteiger partial charge in [-0.25, -0.2) is 9.38 Å². The van der Waals surface area contributed by atoms with Gasteiger partial charge in [0.05, 0.1) is 54.9 Å². The van der Waals surface area contributed by atoms with Crippen LogP contribution in [0.1, 0.15) is 33.9 Å². The number of nitrogens with zero attached hydrogens (tertiary/aromatic N) is 2. The Balaban J connectivity index is 1.47. The highest BCUT2D eigenvalue weighted by atomic mass is 79.9. The summed E-state index contributed by atoms with van der Waals surface area (Å²) in [4.78, 5) is 41.1. The van der Waals surface area contributed by atoms with E-state index in [-0.39, 0.29) is 28.7 Å². The lowest BCUT2D eigenvalue weighted by Gasteiger charge is -2.20. The largest absolute Gasteiger partial charge is 0.481 e. The summed E-state index contributed by atoms with van der Waals surface area (Å²) in [7, 11) is 0. The number of aliphatic carboxylic acids is 1. The fourth-order valence-corrected chi connectivity index (χ4v) is 4.47. The predicted molar refractivity (Wildman–Crippen MR) is 140 cm³/mol. The highest BCUT2D eigenvalue weighted by Gasteiger charge is 2.32. The minimum Gasteiger partial charge on any atom is -0.481 e. The highest BCUT2D eigenvalue weighted by Crippen LogP contribution is 2.34. The second-order valence-corrected chi connectivity index (χ2v) is 9.73. The lowest BCUT2D eigenvalue weighted by Crippen LogP contribution is -2.41. The van der Waals surface area contributed by atoms with Gasteiger partial charge in [-0.15, -0.1) is 0 Å². The van der Waals surface area contributed by atoms with E-state index < -0.39 is 54.7 Å². The Morgan fingerprint density at radius 1 is 1.18 bits per heavy atom. The number of halogens is 5. The Hall–Kier alpha value is -4.21. The maximum Gasteiger partial charge on any atom is 0.416 e. The van der Waals surface area contributed by atoms with Crippen molar-refractivity contribution in [2.24, 2.45) is 4.99 Å². The molecule has 212 valence electrons. The van der Waals surface area contributed by atoms with Gasteiger partial charge in [0, 0.05) is 15.5 Å². The summed E-state index contributed by atoms with van der Waals surface area (Å²) in [5, 5.41) is 26.9. The second-order valence-electron chi connectivity index (χ2n) is 8.82. The first-order valence-electron chi connectivity index (χ1n) is 11.7. The smallest absolute Gasteiger partial charge is 0.416 e. The quantitative estimate of drug-likeness (QED) is 0.209. The van der Waals surface area contributed by atoms with Crippen molar-refractivity contribution in [3.63, 3.8) is 0 Å². The molecule has 0 radical (unpaired) electrons. The summed E-state index contributed by atoms with van der Waals surface area (Å²) in [5.74, 6) is -2.55. The third-order valence-corrected chi connectivity index (χ3v) is 6.24. The Bertz CT molecular complexity index is 1480. The van der Waals surface area contributed by atoms with Crippen LogP contribution in [0.2, 0.25) is 0 Å². The Kier molecular flexibility index (Phi) is 8.56. The number of aliphatic imine (C=N–C) groups is 1. The molecule has 40 heavy (non-hydrogen) atoms. The zero-order valence-corrected chi connectivity index (χ0v) is 22.0. The first kappa shape index (κ1) is 28.8. The number of hydrogen-bond donors (Lipinski definition) is 6. The molecule has 2 atom stereocenters. The van der Waals surface area contributed by atoms with Gasteiger partial charge in [0.15, 0.2) is 5.96 Å². The molecule has 1 aliphatic rings. The lowest BCUT2D eigenvalue weighted by molar-refractivity contribution is -0.138. The van der Waals surface area contributed by atoms with Crippen LogP contribution in [-0.4, -0.2) is 64.9 Å². The molecule has 0 fully saturated rings. The molecule has 0 bridgehead atoms. The number of guanidine groups is 1. The van der Waals surface area contributed by atoms with Crippen molar-refractivity contribution in [2.45, 2.75) is 24.8 Å². The van der Waals surface area contributed by atoms with E-state index in [9.17, 15) is 37.1 Å². The number of benzene rings is 2. The lowest BCUT2D eigenvalue weighted by atomic mass is 10.0. The topological polar surface area (TPSA) is 161 Å². The third kappa shape index (κ3) is 7.25. The summed E-state index contributed by atoms with van der Waals surface area (Å²) in [6.07, 6.45) is -5.09. The van der Waals surface area contributed by atoms with Crippen LogP contribution in [0.25, 0.3) is 10.9 Å². The number of hydrogen-bond acceptors (Lipinski definition) is 7. The first-order chi connectivity index (χ1) is 18.9. The van der Waals surface area contributed by atoms with Crippen LogP contribution in [0, 0.1) is 0 Å². The molecule has 16 heteroatoms. The number of fused-ring (bicyclic) bond motifs is 1.